The molecule has 0 N–H and O–H groups in total. The molecular weight excluding hydrogens is 254 g/mol. The van der Waals surface area contributed by atoms with Gasteiger partial charge in [-0.25, -0.2) is 4.68 Å². The highest BCUT2D eigenvalue weighted by atomic mass is 16.7. The molecule has 1 aromatic carbocycles. The quantitative estimate of drug-likeness (QED) is 0.861. The Kier molecular flexibility index (Phi) is 3.31. The van der Waals surface area contributed by atoms with Crippen molar-refractivity contribution < 1.29 is 9.47 Å². The zero-order chi connectivity index (χ0) is 14.2. The Morgan fingerprint density at radius 2 is 2.25 bits per heavy atom. The second-order valence-electron chi connectivity index (χ2n) is 5.65. The first-order chi connectivity index (χ1) is 9.52. The van der Waals surface area contributed by atoms with Crippen LogP contribution in [0.2, 0.25) is 0 Å². The van der Waals surface area contributed by atoms with E-state index in [1.54, 1.807) is 0 Å². The first kappa shape index (κ1) is 13.3. The van der Waals surface area contributed by atoms with Gasteiger partial charge >= 0.3 is 0 Å². The summed E-state index contributed by atoms with van der Waals surface area (Å²) in [6, 6.07) is 8.24. The predicted molar refractivity (Wildman–Crippen MR) is 75.1 cm³/mol. The van der Waals surface area contributed by atoms with Gasteiger partial charge in [0, 0.05) is 5.56 Å². The largest absolute Gasteiger partial charge is 0.348 e. The average molecular weight is 273 g/mol. The number of aromatic nitrogens is 3. The lowest BCUT2D eigenvalue weighted by Gasteiger charge is -2.16. The van der Waals surface area contributed by atoms with Crippen molar-refractivity contribution in [1.82, 2.24) is 15.0 Å². The van der Waals surface area contributed by atoms with Crippen LogP contribution in [0.5, 0.6) is 0 Å². The third kappa shape index (κ3) is 2.89. The highest BCUT2D eigenvalue weighted by Crippen LogP contribution is 2.23. The van der Waals surface area contributed by atoms with E-state index < -0.39 is 5.79 Å². The number of aryl methyl sites for hydroxylation is 1. The molecule has 3 rings (SSSR count). The number of hydrogen-bond acceptors (Lipinski definition) is 4. The van der Waals surface area contributed by atoms with Gasteiger partial charge in [0.25, 0.3) is 0 Å². The van der Waals surface area contributed by atoms with E-state index in [-0.39, 0.29) is 6.10 Å². The molecule has 1 aliphatic rings. The monoisotopic (exact) mass is 273 g/mol. The van der Waals surface area contributed by atoms with Gasteiger partial charge in [-0.05, 0) is 26.8 Å². The van der Waals surface area contributed by atoms with Crippen molar-refractivity contribution >= 4 is 0 Å². The highest BCUT2D eigenvalue weighted by molar-refractivity contribution is 5.58. The van der Waals surface area contributed by atoms with Gasteiger partial charge < -0.3 is 9.47 Å². The van der Waals surface area contributed by atoms with Crippen LogP contribution in [0.1, 0.15) is 19.4 Å². The van der Waals surface area contributed by atoms with E-state index in [2.05, 4.69) is 29.4 Å². The summed E-state index contributed by atoms with van der Waals surface area (Å²) in [7, 11) is 0. The second-order valence-corrected chi connectivity index (χ2v) is 5.65. The average Bonchev–Trinajstić information content (AvgIpc) is 2.97. The fourth-order valence-corrected chi connectivity index (χ4v) is 2.39. The Balaban J connectivity index is 1.71. The van der Waals surface area contributed by atoms with Crippen LogP contribution in [-0.4, -0.2) is 33.5 Å². The molecule has 0 amide bonds. The van der Waals surface area contributed by atoms with Crippen LogP contribution in [0.15, 0.2) is 30.5 Å². The van der Waals surface area contributed by atoms with Crippen molar-refractivity contribution in [3.63, 3.8) is 0 Å². The SMILES string of the molecule is Cc1cccc(-c2cn(C[C@H]3COC(C)(C)O3)nn2)c1. The Labute approximate surface area is 118 Å². The summed E-state index contributed by atoms with van der Waals surface area (Å²) >= 11 is 0. The lowest BCUT2D eigenvalue weighted by Crippen LogP contribution is -2.24. The lowest BCUT2D eigenvalue weighted by atomic mass is 10.1. The van der Waals surface area contributed by atoms with Gasteiger partial charge in [-0.3, -0.25) is 0 Å². The molecule has 1 fully saturated rings. The summed E-state index contributed by atoms with van der Waals surface area (Å²) in [5.74, 6) is -0.495. The van der Waals surface area contributed by atoms with E-state index in [0.717, 1.165) is 11.3 Å². The molecule has 0 spiro atoms. The first-order valence-corrected chi connectivity index (χ1v) is 6.81. The van der Waals surface area contributed by atoms with E-state index >= 15 is 0 Å². The molecule has 0 saturated carbocycles. The molecule has 0 bridgehead atoms. The molecule has 20 heavy (non-hydrogen) atoms. The molecule has 106 valence electrons. The molecule has 0 radical (unpaired) electrons. The van der Waals surface area contributed by atoms with Crippen molar-refractivity contribution in [3.05, 3.63) is 36.0 Å². The summed E-state index contributed by atoms with van der Waals surface area (Å²) in [4.78, 5) is 0. The molecule has 0 aliphatic carbocycles. The van der Waals surface area contributed by atoms with Crippen LogP contribution in [0.3, 0.4) is 0 Å². The third-order valence-corrected chi connectivity index (χ3v) is 3.31. The Morgan fingerprint density at radius 1 is 1.40 bits per heavy atom. The number of nitrogens with zero attached hydrogens (tertiary/aromatic N) is 3. The molecule has 0 unspecified atom stereocenters. The topological polar surface area (TPSA) is 49.2 Å². The fourth-order valence-electron chi connectivity index (χ4n) is 2.39. The maximum absolute atomic E-state index is 5.78. The summed E-state index contributed by atoms with van der Waals surface area (Å²) < 4.78 is 13.1. The maximum atomic E-state index is 5.78. The molecule has 5 heteroatoms. The van der Waals surface area contributed by atoms with Crippen molar-refractivity contribution in [2.45, 2.75) is 39.2 Å². The lowest BCUT2D eigenvalue weighted by molar-refractivity contribution is -0.139. The number of rotatable bonds is 3. The maximum Gasteiger partial charge on any atom is 0.163 e. The zero-order valence-electron chi connectivity index (χ0n) is 12.0. The third-order valence-electron chi connectivity index (χ3n) is 3.31. The molecule has 2 aromatic rings. The van der Waals surface area contributed by atoms with Gasteiger partial charge in [-0.15, -0.1) is 5.10 Å². The van der Waals surface area contributed by atoms with Crippen molar-refractivity contribution in [1.29, 1.82) is 0 Å². The Bertz CT molecular complexity index is 607. The van der Waals surface area contributed by atoms with Gasteiger partial charge in [0.15, 0.2) is 5.79 Å². The number of hydrogen-bond donors (Lipinski definition) is 0. The minimum absolute atomic E-state index is 0.0251. The van der Waals surface area contributed by atoms with E-state index in [4.69, 9.17) is 9.47 Å². The second kappa shape index (κ2) is 5.00. The molecular formula is C15H19N3O2. The van der Waals surface area contributed by atoms with Crippen LogP contribution in [-0.2, 0) is 16.0 Å². The van der Waals surface area contributed by atoms with Gasteiger partial charge in [0.1, 0.15) is 11.8 Å². The molecule has 1 aliphatic heterocycles. The first-order valence-electron chi connectivity index (χ1n) is 6.81. The normalized spacial score (nSPS) is 21.2. The predicted octanol–water partition coefficient (Wildman–Crippen LogP) is 2.41. The minimum Gasteiger partial charge on any atom is -0.348 e. The van der Waals surface area contributed by atoms with E-state index in [1.165, 1.54) is 5.56 Å². The molecule has 2 heterocycles. The summed E-state index contributed by atoms with van der Waals surface area (Å²) in [6.45, 7) is 7.16. The summed E-state index contributed by atoms with van der Waals surface area (Å²) in [5, 5.41) is 8.39. The molecule has 1 saturated heterocycles. The summed E-state index contributed by atoms with van der Waals surface area (Å²) in [5.41, 5.74) is 3.18. The zero-order valence-corrected chi connectivity index (χ0v) is 12.0. The molecule has 5 nitrogen and oxygen atoms in total. The van der Waals surface area contributed by atoms with E-state index in [0.29, 0.717) is 13.2 Å². The van der Waals surface area contributed by atoms with Crippen molar-refractivity contribution in [2.24, 2.45) is 0 Å². The fraction of sp³-hybridized carbons (Fsp3) is 0.467. The standard InChI is InChI=1S/C15H19N3O2/c1-11-5-4-6-12(7-11)14-9-18(17-16-14)8-13-10-19-15(2,3)20-13/h4-7,9,13H,8,10H2,1-3H3/t13-/m0/s1. The number of benzene rings is 1. The van der Waals surface area contributed by atoms with Crippen molar-refractivity contribution in [2.75, 3.05) is 6.61 Å². The Morgan fingerprint density at radius 3 is 2.95 bits per heavy atom. The van der Waals surface area contributed by atoms with Crippen molar-refractivity contribution in [3.8, 4) is 11.3 Å². The van der Waals surface area contributed by atoms with Gasteiger partial charge in [0.2, 0.25) is 0 Å². The van der Waals surface area contributed by atoms with Crippen LogP contribution in [0.4, 0.5) is 0 Å². The van der Waals surface area contributed by atoms with Crippen LogP contribution in [0, 0.1) is 6.92 Å². The number of ether oxygens (including phenoxy) is 2. The minimum atomic E-state index is -0.495. The van der Waals surface area contributed by atoms with E-state index in [9.17, 15) is 0 Å². The smallest absolute Gasteiger partial charge is 0.163 e. The van der Waals surface area contributed by atoms with Crippen LogP contribution < -0.4 is 0 Å². The summed E-state index contributed by atoms with van der Waals surface area (Å²) in [6.07, 6.45) is 1.97. The van der Waals surface area contributed by atoms with Crippen LogP contribution >= 0.6 is 0 Å². The highest BCUT2D eigenvalue weighted by Gasteiger charge is 2.32. The van der Waals surface area contributed by atoms with Gasteiger partial charge in [0.05, 0.1) is 19.3 Å². The van der Waals surface area contributed by atoms with E-state index in [1.807, 2.05) is 36.9 Å². The Hall–Kier alpha value is -1.72. The van der Waals surface area contributed by atoms with Gasteiger partial charge in [-0.2, -0.15) is 0 Å². The molecule has 1 aromatic heterocycles. The van der Waals surface area contributed by atoms with Gasteiger partial charge in [-0.1, -0.05) is 29.0 Å². The molecule has 1 atom stereocenters. The van der Waals surface area contributed by atoms with Crippen LogP contribution in [0.25, 0.3) is 11.3 Å².